The predicted octanol–water partition coefficient (Wildman–Crippen LogP) is 4.98. The van der Waals surface area contributed by atoms with Crippen molar-refractivity contribution < 1.29 is 9.47 Å². The average molecular weight is 480 g/mol. The summed E-state index contributed by atoms with van der Waals surface area (Å²) in [6, 6.07) is 14.2. The SMILES string of the molecule is CN1CCCC(COc2cc(-c3ccc(C#N)cc3)c(-c3cnc4c(c3)CCCO4)n3cncc23)C1. The molecule has 2 aliphatic heterocycles. The Bertz CT molecular complexity index is 1440. The number of aryl methyl sites for hydroxylation is 1. The zero-order valence-electron chi connectivity index (χ0n) is 20.5. The highest BCUT2D eigenvalue weighted by molar-refractivity contribution is 5.86. The second-order valence-electron chi connectivity index (χ2n) is 9.83. The van der Waals surface area contributed by atoms with Crippen molar-refractivity contribution >= 4 is 5.52 Å². The molecule has 6 rings (SSSR count). The van der Waals surface area contributed by atoms with Crippen LogP contribution in [-0.2, 0) is 6.42 Å². The molecule has 7 nitrogen and oxygen atoms in total. The number of imidazole rings is 1. The molecule has 2 aliphatic rings. The number of piperidine rings is 1. The van der Waals surface area contributed by atoms with Gasteiger partial charge in [0.2, 0.25) is 5.88 Å². The first-order valence-electron chi connectivity index (χ1n) is 12.6. The first-order chi connectivity index (χ1) is 17.7. The third kappa shape index (κ3) is 4.29. The zero-order valence-corrected chi connectivity index (χ0v) is 20.5. The van der Waals surface area contributed by atoms with Gasteiger partial charge in [-0.2, -0.15) is 5.26 Å². The van der Waals surface area contributed by atoms with E-state index < -0.39 is 0 Å². The summed E-state index contributed by atoms with van der Waals surface area (Å²) in [4.78, 5) is 11.5. The number of fused-ring (bicyclic) bond motifs is 2. The highest BCUT2D eigenvalue weighted by Gasteiger charge is 2.22. The van der Waals surface area contributed by atoms with E-state index in [-0.39, 0.29) is 0 Å². The minimum Gasteiger partial charge on any atom is -0.491 e. The third-order valence-electron chi connectivity index (χ3n) is 7.21. The fourth-order valence-corrected chi connectivity index (χ4v) is 5.40. The predicted molar refractivity (Wildman–Crippen MR) is 138 cm³/mol. The van der Waals surface area contributed by atoms with Gasteiger partial charge in [0.05, 0.1) is 43.1 Å². The standard InChI is InChI=1S/C29H29N5O2/c1-33-10-2-4-21(17-33)18-36-27-13-25(22-8-6-20(14-30)7-9-22)28(34-19-31-16-26(27)34)24-12-23-5-3-11-35-29(23)32-15-24/h6-9,12-13,15-16,19,21H,2-5,10-11,17-18H2,1H3. The Morgan fingerprint density at radius 3 is 2.86 bits per heavy atom. The Labute approximate surface area is 210 Å². The van der Waals surface area contributed by atoms with Crippen LogP contribution in [0.15, 0.2) is 55.1 Å². The Morgan fingerprint density at radius 2 is 2.03 bits per heavy atom. The van der Waals surface area contributed by atoms with Gasteiger partial charge in [-0.05, 0) is 69.1 Å². The van der Waals surface area contributed by atoms with E-state index in [0.29, 0.717) is 24.7 Å². The van der Waals surface area contributed by atoms with Crippen molar-refractivity contribution in [3.05, 3.63) is 66.2 Å². The molecule has 4 aromatic rings. The van der Waals surface area contributed by atoms with Gasteiger partial charge < -0.3 is 14.4 Å². The van der Waals surface area contributed by atoms with Crippen LogP contribution in [-0.4, -0.2) is 52.6 Å². The van der Waals surface area contributed by atoms with Crippen LogP contribution in [0.25, 0.3) is 27.9 Å². The van der Waals surface area contributed by atoms with Crippen molar-refractivity contribution in [2.24, 2.45) is 5.92 Å². The molecule has 0 N–H and O–H groups in total. The Balaban J connectivity index is 1.47. The van der Waals surface area contributed by atoms with Crippen molar-refractivity contribution in [2.75, 3.05) is 33.4 Å². The molecule has 0 radical (unpaired) electrons. The molecule has 1 unspecified atom stereocenters. The maximum absolute atomic E-state index is 9.31. The molecule has 36 heavy (non-hydrogen) atoms. The van der Waals surface area contributed by atoms with Crippen LogP contribution >= 0.6 is 0 Å². The van der Waals surface area contributed by atoms with Crippen molar-refractivity contribution in [3.8, 4) is 40.1 Å². The van der Waals surface area contributed by atoms with Gasteiger partial charge in [-0.25, -0.2) is 9.97 Å². The van der Waals surface area contributed by atoms with Crippen molar-refractivity contribution in [3.63, 3.8) is 0 Å². The lowest BCUT2D eigenvalue weighted by atomic mass is 9.96. The lowest BCUT2D eigenvalue weighted by Gasteiger charge is -2.29. The van der Waals surface area contributed by atoms with E-state index in [1.165, 1.54) is 12.8 Å². The molecule has 1 fully saturated rings. The van der Waals surface area contributed by atoms with Gasteiger partial charge in [0, 0.05) is 35.3 Å². The maximum Gasteiger partial charge on any atom is 0.216 e. The fourth-order valence-electron chi connectivity index (χ4n) is 5.40. The third-order valence-corrected chi connectivity index (χ3v) is 7.21. The van der Waals surface area contributed by atoms with Crippen molar-refractivity contribution in [2.45, 2.75) is 25.7 Å². The minimum absolute atomic E-state index is 0.509. The van der Waals surface area contributed by atoms with E-state index in [2.05, 4.69) is 44.5 Å². The number of hydrogen-bond acceptors (Lipinski definition) is 6. The summed E-state index contributed by atoms with van der Waals surface area (Å²) in [6.07, 6.45) is 9.92. The number of hydrogen-bond donors (Lipinski definition) is 0. The lowest BCUT2D eigenvalue weighted by molar-refractivity contribution is 0.151. The quantitative estimate of drug-likeness (QED) is 0.402. The summed E-state index contributed by atoms with van der Waals surface area (Å²) in [5.74, 6) is 2.05. The van der Waals surface area contributed by atoms with Gasteiger partial charge in [0.25, 0.3) is 0 Å². The molecule has 0 aliphatic carbocycles. The highest BCUT2D eigenvalue weighted by atomic mass is 16.5. The molecule has 182 valence electrons. The van der Waals surface area contributed by atoms with Crippen LogP contribution in [0.5, 0.6) is 11.6 Å². The molecule has 5 heterocycles. The number of nitrogens with zero attached hydrogens (tertiary/aromatic N) is 5. The second-order valence-corrected chi connectivity index (χ2v) is 9.83. The monoisotopic (exact) mass is 479 g/mol. The van der Waals surface area contributed by atoms with Gasteiger partial charge in [-0.15, -0.1) is 0 Å². The first kappa shape index (κ1) is 22.6. The van der Waals surface area contributed by atoms with Gasteiger partial charge >= 0.3 is 0 Å². The van der Waals surface area contributed by atoms with Crippen LogP contribution in [0, 0.1) is 17.2 Å². The molecular weight excluding hydrogens is 450 g/mol. The molecule has 3 aromatic heterocycles. The number of benzene rings is 1. The van der Waals surface area contributed by atoms with Gasteiger partial charge in [0.1, 0.15) is 11.3 Å². The number of aromatic nitrogens is 3. The van der Waals surface area contributed by atoms with E-state index in [1.54, 1.807) is 0 Å². The maximum atomic E-state index is 9.31. The number of ether oxygens (including phenoxy) is 2. The van der Waals surface area contributed by atoms with Gasteiger partial charge in [0.15, 0.2) is 0 Å². The molecule has 0 amide bonds. The number of nitriles is 1. The van der Waals surface area contributed by atoms with Crippen LogP contribution in [0.4, 0.5) is 0 Å². The Hall–Kier alpha value is -3.89. The smallest absolute Gasteiger partial charge is 0.216 e. The van der Waals surface area contributed by atoms with Gasteiger partial charge in [-0.1, -0.05) is 12.1 Å². The molecule has 7 heteroatoms. The zero-order chi connectivity index (χ0) is 24.5. The highest BCUT2D eigenvalue weighted by Crippen LogP contribution is 2.39. The molecule has 0 spiro atoms. The summed E-state index contributed by atoms with van der Waals surface area (Å²) in [6.45, 7) is 3.60. The summed E-state index contributed by atoms with van der Waals surface area (Å²) >= 11 is 0. The number of rotatable bonds is 5. The van der Waals surface area contributed by atoms with E-state index >= 15 is 0 Å². The topological polar surface area (TPSA) is 75.7 Å². The molecular formula is C29H29N5O2. The van der Waals surface area contributed by atoms with E-state index in [9.17, 15) is 5.26 Å². The minimum atomic E-state index is 0.509. The summed E-state index contributed by atoms with van der Waals surface area (Å²) in [7, 11) is 2.18. The molecule has 0 saturated carbocycles. The fraction of sp³-hybridized carbons (Fsp3) is 0.345. The van der Waals surface area contributed by atoms with E-state index in [1.807, 2.05) is 43.0 Å². The van der Waals surface area contributed by atoms with E-state index in [0.717, 1.165) is 71.0 Å². The molecule has 0 bridgehead atoms. The normalized spacial score (nSPS) is 17.8. The van der Waals surface area contributed by atoms with Gasteiger partial charge in [-0.3, -0.25) is 4.40 Å². The van der Waals surface area contributed by atoms with Crippen molar-refractivity contribution in [1.82, 2.24) is 19.3 Å². The largest absolute Gasteiger partial charge is 0.491 e. The van der Waals surface area contributed by atoms with Crippen LogP contribution in [0.1, 0.15) is 30.4 Å². The lowest BCUT2D eigenvalue weighted by Crippen LogP contribution is -2.34. The summed E-state index contributed by atoms with van der Waals surface area (Å²) in [5, 5.41) is 9.31. The number of pyridine rings is 2. The molecule has 1 saturated heterocycles. The summed E-state index contributed by atoms with van der Waals surface area (Å²) < 4.78 is 14.3. The van der Waals surface area contributed by atoms with E-state index in [4.69, 9.17) is 9.47 Å². The average Bonchev–Trinajstić information content (AvgIpc) is 3.41. The Morgan fingerprint density at radius 1 is 1.14 bits per heavy atom. The van der Waals surface area contributed by atoms with Crippen molar-refractivity contribution in [1.29, 1.82) is 5.26 Å². The molecule has 1 atom stereocenters. The summed E-state index contributed by atoms with van der Waals surface area (Å²) in [5.41, 5.74) is 6.71. The van der Waals surface area contributed by atoms with Crippen LogP contribution in [0.2, 0.25) is 0 Å². The molecule has 1 aromatic carbocycles. The number of likely N-dealkylation sites (tertiary alicyclic amines) is 1. The Kier molecular flexibility index (Phi) is 6.04. The van der Waals surface area contributed by atoms with Crippen LogP contribution < -0.4 is 9.47 Å². The first-order valence-corrected chi connectivity index (χ1v) is 12.6. The van der Waals surface area contributed by atoms with Crippen LogP contribution in [0.3, 0.4) is 0 Å². The second kappa shape index (κ2) is 9.63.